The van der Waals surface area contributed by atoms with Crippen molar-refractivity contribution in [2.75, 3.05) is 55.8 Å². The molecule has 3 aliphatic rings. The highest BCUT2D eigenvalue weighted by atomic mass is 32.2. The molecule has 2 aromatic rings. The molecule has 0 bridgehead atoms. The van der Waals surface area contributed by atoms with Crippen molar-refractivity contribution < 1.29 is 4.79 Å². The molecule has 0 aromatic carbocycles. The molecule has 3 fully saturated rings. The zero-order chi connectivity index (χ0) is 20.5. The van der Waals surface area contributed by atoms with Crippen LogP contribution in [0.3, 0.4) is 0 Å². The molecule has 160 valence electrons. The van der Waals surface area contributed by atoms with E-state index in [1.807, 2.05) is 48.0 Å². The quantitative estimate of drug-likeness (QED) is 0.758. The summed E-state index contributed by atoms with van der Waals surface area (Å²) in [4.78, 5) is 32.2. The zero-order valence-corrected chi connectivity index (χ0v) is 18.2. The monoisotopic (exact) mass is 427 g/mol. The van der Waals surface area contributed by atoms with Crippen LogP contribution in [0, 0.1) is 6.92 Å². The van der Waals surface area contributed by atoms with Crippen LogP contribution in [0.15, 0.2) is 24.4 Å². The Labute approximate surface area is 181 Å². The number of rotatable bonds is 4. The van der Waals surface area contributed by atoms with E-state index in [9.17, 15) is 4.79 Å². The summed E-state index contributed by atoms with van der Waals surface area (Å²) >= 11 is 1.85. The Morgan fingerprint density at radius 2 is 2.07 bits per heavy atom. The number of nitrogens with zero attached hydrogens (tertiary/aromatic N) is 5. The highest BCUT2D eigenvalue weighted by molar-refractivity contribution is 7.99. The number of aromatic nitrogens is 3. The molecule has 5 rings (SSSR count). The average molecular weight is 428 g/mol. The normalized spacial score (nSPS) is 25.2. The third-order valence-electron chi connectivity index (χ3n) is 6.32. The minimum absolute atomic E-state index is 0.0172. The number of aryl methyl sites for hydroxylation is 1. The maximum Gasteiger partial charge on any atom is 0.240 e. The van der Waals surface area contributed by atoms with Gasteiger partial charge in [-0.3, -0.25) is 14.7 Å². The number of amides is 1. The van der Waals surface area contributed by atoms with Crippen LogP contribution in [-0.4, -0.2) is 93.6 Å². The van der Waals surface area contributed by atoms with E-state index < -0.39 is 0 Å². The van der Waals surface area contributed by atoms with E-state index in [0.29, 0.717) is 6.04 Å². The van der Waals surface area contributed by atoms with Crippen LogP contribution in [-0.2, 0) is 4.79 Å². The van der Waals surface area contributed by atoms with Gasteiger partial charge in [-0.05, 0) is 25.5 Å². The zero-order valence-electron chi connectivity index (χ0n) is 17.4. The second kappa shape index (κ2) is 8.56. The maximum absolute atomic E-state index is 12.7. The number of hydrogen-bond donors (Lipinski definition) is 2. The van der Waals surface area contributed by atoms with E-state index in [-0.39, 0.29) is 11.9 Å². The van der Waals surface area contributed by atoms with Gasteiger partial charge < -0.3 is 20.1 Å². The minimum Gasteiger partial charge on any atom is -0.352 e. The van der Waals surface area contributed by atoms with E-state index in [1.165, 1.54) is 0 Å². The molecule has 0 saturated carbocycles. The van der Waals surface area contributed by atoms with Crippen LogP contribution in [0.2, 0.25) is 0 Å². The average Bonchev–Trinajstić information content (AvgIpc) is 3.55. The number of nitrogens with one attached hydrogen (secondary N) is 2. The highest BCUT2D eigenvalue weighted by Crippen LogP contribution is 2.29. The number of H-pyrrole nitrogens is 1. The Morgan fingerprint density at radius 1 is 1.20 bits per heavy atom. The van der Waals surface area contributed by atoms with Crippen LogP contribution in [0.5, 0.6) is 0 Å². The molecule has 30 heavy (non-hydrogen) atoms. The third-order valence-corrected chi connectivity index (χ3v) is 7.29. The first-order chi connectivity index (χ1) is 14.7. The van der Waals surface area contributed by atoms with Crippen molar-refractivity contribution >= 4 is 23.5 Å². The molecule has 3 saturated heterocycles. The van der Waals surface area contributed by atoms with Gasteiger partial charge in [-0.1, -0.05) is 6.07 Å². The molecular formula is C21H29N7OS. The fourth-order valence-electron chi connectivity index (χ4n) is 4.69. The van der Waals surface area contributed by atoms with E-state index in [0.717, 1.165) is 80.3 Å². The summed E-state index contributed by atoms with van der Waals surface area (Å²) in [6.07, 6.45) is 2.74. The predicted molar refractivity (Wildman–Crippen MR) is 120 cm³/mol. The molecule has 0 aliphatic carbocycles. The summed E-state index contributed by atoms with van der Waals surface area (Å²) < 4.78 is 0. The summed E-state index contributed by atoms with van der Waals surface area (Å²) in [5.41, 5.74) is 1.93. The van der Waals surface area contributed by atoms with Crippen LogP contribution < -0.4 is 10.2 Å². The Morgan fingerprint density at radius 3 is 2.80 bits per heavy atom. The molecule has 1 amide bonds. The van der Waals surface area contributed by atoms with Crippen molar-refractivity contribution in [3.8, 4) is 11.4 Å². The van der Waals surface area contributed by atoms with Crippen molar-refractivity contribution in [2.24, 2.45) is 0 Å². The SMILES string of the molecule is Cc1nc(N2CCN([C@@H]3CN[C@H](C(=O)N4CCSC4)C3)CC2)c(-c2ccccn2)[nH]1. The summed E-state index contributed by atoms with van der Waals surface area (Å²) in [5.74, 6) is 4.11. The van der Waals surface area contributed by atoms with Gasteiger partial charge in [0.25, 0.3) is 0 Å². The van der Waals surface area contributed by atoms with Crippen LogP contribution in [0.25, 0.3) is 11.4 Å². The second-order valence-electron chi connectivity index (χ2n) is 8.25. The fourth-order valence-corrected chi connectivity index (χ4v) is 5.64. The molecule has 0 spiro atoms. The number of piperazine rings is 1. The number of aromatic amines is 1. The number of pyridine rings is 1. The van der Waals surface area contributed by atoms with E-state index in [2.05, 4.69) is 25.1 Å². The first-order valence-electron chi connectivity index (χ1n) is 10.8. The lowest BCUT2D eigenvalue weighted by Gasteiger charge is -2.38. The van der Waals surface area contributed by atoms with Crippen molar-refractivity contribution in [3.63, 3.8) is 0 Å². The van der Waals surface area contributed by atoms with Gasteiger partial charge in [-0.25, -0.2) is 4.98 Å². The predicted octanol–water partition coefficient (Wildman–Crippen LogP) is 1.17. The second-order valence-corrected chi connectivity index (χ2v) is 9.32. The summed E-state index contributed by atoms with van der Waals surface area (Å²) in [6, 6.07) is 6.38. The molecule has 2 aromatic heterocycles. The molecule has 9 heteroatoms. The van der Waals surface area contributed by atoms with Gasteiger partial charge in [0.1, 0.15) is 11.5 Å². The van der Waals surface area contributed by atoms with E-state index >= 15 is 0 Å². The van der Waals surface area contributed by atoms with Crippen molar-refractivity contribution in [1.29, 1.82) is 0 Å². The molecule has 0 unspecified atom stereocenters. The van der Waals surface area contributed by atoms with Gasteiger partial charge in [0.2, 0.25) is 5.91 Å². The van der Waals surface area contributed by atoms with Crippen molar-refractivity contribution in [3.05, 3.63) is 30.2 Å². The maximum atomic E-state index is 12.7. The molecule has 2 atom stereocenters. The van der Waals surface area contributed by atoms with E-state index in [1.54, 1.807) is 0 Å². The lowest BCUT2D eigenvalue weighted by Crippen LogP contribution is -2.51. The number of hydrogen-bond acceptors (Lipinski definition) is 7. The summed E-state index contributed by atoms with van der Waals surface area (Å²) in [6.45, 7) is 7.63. The molecular weight excluding hydrogens is 398 g/mol. The number of imidazole rings is 1. The number of anilines is 1. The third kappa shape index (κ3) is 3.93. The van der Waals surface area contributed by atoms with Gasteiger partial charge >= 0.3 is 0 Å². The summed E-state index contributed by atoms with van der Waals surface area (Å²) in [5, 5.41) is 3.48. The van der Waals surface area contributed by atoms with Crippen molar-refractivity contribution in [1.82, 2.24) is 30.1 Å². The first-order valence-corrected chi connectivity index (χ1v) is 11.9. The Bertz CT molecular complexity index is 875. The van der Waals surface area contributed by atoms with Crippen LogP contribution in [0.4, 0.5) is 5.82 Å². The van der Waals surface area contributed by atoms with Gasteiger partial charge in [-0.15, -0.1) is 11.8 Å². The number of carbonyl (C=O) groups is 1. The topological polar surface area (TPSA) is 80.4 Å². The smallest absolute Gasteiger partial charge is 0.240 e. The van der Waals surface area contributed by atoms with Gasteiger partial charge in [0.15, 0.2) is 5.82 Å². The molecule has 0 radical (unpaired) electrons. The molecule has 2 N–H and O–H groups in total. The van der Waals surface area contributed by atoms with Crippen LogP contribution in [0.1, 0.15) is 12.2 Å². The van der Waals surface area contributed by atoms with E-state index in [4.69, 9.17) is 4.98 Å². The first kappa shape index (κ1) is 19.8. The molecule has 8 nitrogen and oxygen atoms in total. The summed E-state index contributed by atoms with van der Waals surface area (Å²) in [7, 11) is 0. The highest BCUT2D eigenvalue weighted by Gasteiger charge is 2.37. The van der Waals surface area contributed by atoms with Crippen LogP contribution >= 0.6 is 11.8 Å². The Kier molecular flexibility index (Phi) is 5.66. The number of carbonyl (C=O) groups excluding carboxylic acids is 1. The fraction of sp³-hybridized carbons (Fsp3) is 0.571. The Hall–Kier alpha value is -2.10. The molecule has 3 aliphatic heterocycles. The van der Waals surface area contributed by atoms with Gasteiger partial charge in [0, 0.05) is 57.3 Å². The minimum atomic E-state index is -0.0172. The van der Waals surface area contributed by atoms with Crippen molar-refractivity contribution in [2.45, 2.75) is 25.4 Å². The number of thioether (sulfide) groups is 1. The largest absolute Gasteiger partial charge is 0.352 e. The van der Waals surface area contributed by atoms with Gasteiger partial charge in [0.05, 0.1) is 17.6 Å². The lowest BCUT2D eigenvalue weighted by atomic mass is 10.1. The molecule has 5 heterocycles. The lowest BCUT2D eigenvalue weighted by molar-refractivity contribution is -0.131. The standard InChI is InChI=1S/C21H29N7OS/c1-15-24-19(17-4-2-3-5-22-17)20(25-15)27-8-6-26(7-9-27)16-12-18(23-13-16)21(29)28-10-11-30-14-28/h2-5,16,18,23H,6-14H2,1H3,(H,24,25)/t16-,18-/m0/s1. The van der Waals surface area contributed by atoms with Gasteiger partial charge in [-0.2, -0.15) is 0 Å². The Balaban J connectivity index is 1.20.